The molecule has 1 rings (SSSR count). The lowest BCUT2D eigenvalue weighted by Crippen LogP contribution is -2.07. The summed E-state index contributed by atoms with van der Waals surface area (Å²) >= 11 is 0. The SMILES string of the molecule is C=C\C=C/C(C(=C)C)=C(/C=C\C)C1C=CC(C(C)C)=CC1. The summed E-state index contributed by atoms with van der Waals surface area (Å²) in [5.74, 6) is 1.02. The number of rotatable bonds is 6. The largest absolute Gasteiger partial charge is 0.0991 e. The second-order valence-electron chi connectivity index (χ2n) is 5.80. The Morgan fingerprint density at radius 2 is 2.05 bits per heavy atom. The first-order valence-corrected chi connectivity index (χ1v) is 7.71. The third-order valence-corrected chi connectivity index (χ3v) is 3.71. The van der Waals surface area contributed by atoms with Crippen molar-refractivity contribution in [3.63, 3.8) is 0 Å². The van der Waals surface area contributed by atoms with Gasteiger partial charge in [-0.3, -0.25) is 0 Å². The first-order chi connectivity index (χ1) is 10.0. The molecule has 0 N–H and O–H groups in total. The second kappa shape index (κ2) is 8.46. The molecule has 0 aromatic heterocycles. The van der Waals surface area contributed by atoms with E-state index in [-0.39, 0.29) is 0 Å². The zero-order valence-electron chi connectivity index (χ0n) is 13.9. The van der Waals surface area contributed by atoms with Gasteiger partial charge in [0, 0.05) is 5.92 Å². The Balaban J connectivity index is 3.19. The van der Waals surface area contributed by atoms with Crippen molar-refractivity contribution in [1.82, 2.24) is 0 Å². The van der Waals surface area contributed by atoms with Crippen LogP contribution in [0.1, 0.15) is 34.1 Å². The molecule has 1 unspecified atom stereocenters. The van der Waals surface area contributed by atoms with E-state index < -0.39 is 0 Å². The summed E-state index contributed by atoms with van der Waals surface area (Å²) in [6.07, 6.45) is 18.2. The topological polar surface area (TPSA) is 0 Å². The maximum Gasteiger partial charge on any atom is 0.00618 e. The molecular weight excluding hydrogens is 252 g/mol. The van der Waals surface area contributed by atoms with Crippen LogP contribution in [0.2, 0.25) is 0 Å². The summed E-state index contributed by atoms with van der Waals surface area (Å²) in [4.78, 5) is 0. The van der Waals surface area contributed by atoms with Crippen LogP contribution in [0.4, 0.5) is 0 Å². The molecule has 0 aromatic carbocycles. The van der Waals surface area contributed by atoms with Crippen molar-refractivity contribution in [2.75, 3.05) is 0 Å². The Kier molecular flexibility index (Phi) is 6.94. The van der Waals surface area contributed by atoms with Gasteiger partial charge in [0.2, 0.25) is 0 Å². The number of hydrogen-bond donors (Lipinski definition) is 0. The molecule has 0 spiro atoms. The van der Waals surface area contributed by atoms with Gasteiger partial charge >= 0.3 is 0 Å². The van der Waals surface area contributed by atoms with E-state index in [4.69, 9.17) is 0 Å². The van der Waals surface area contributed by atoms with Gasteiger partial charge in [-0.2, -0.15) is 0 Å². The summed E-state index contributed by atoms with van der Waals surface area (Å²) in [6, 6.07) is 0. The monoisotopic (exact) mass is 280 g/mol. The van der Waals surface area contributed by atoms with E-state index in [0.29, 0.717) is 11.8 Å². The number of allylic oxidation sites excluding steroid dienone is 12. The predicted octanol–water partition coefficient (Wildman–Crippen LogP) is 6.34. The maximum atomic E-state index is 4.13. The summed E-state index contributed by atoms with van der Waals surface area (Å²) in [6.45, 7) is 16.5. The average Bonchev–Trinajstić information content (AvgIpc) is 2.46. The van der Waals surface area contributed by atoms with Crippen molar-refractivity contribution < 1.29 is 0 Å². The van der Waals surface area contributed by atoms with E-state index in [0.717, 1.165) is 12.0 Å². The lowest BCUT2D eigenvalue weighted by atomic mass is 9.83. The van der Waals surface area contributed by atoms with Gasteiger partial charge in [-0.25, -0.2) is 0 Å². The summed E-state index contributed by atoms with van der Waals surface area (Å²) in [5.41, 5.74) is 5.07. The Bertz CT molecular complexity index is 530. The fourth-order valence-electron chi connectivity index (χ4n) is 2.54. The molecule has 0 amide bonds. The van der Waals surface area contributed by atoms with Gasteiger partial charge < -0.3 is 0 Å². The zero-order valence-corrected chi connectivity index (χ0v) is 13.9. The highest BCUT2D eigenvalue weighted by atomic mass is 14.2. The fraction of sp³-hybridized carbons (Fsp3) is 0.333. The van der Waals surface area contributed by atoms with Crippen LogP contribution in [-0.2, 0) is 0 Å². The third kappa shape index (κ3) is 4.90. The summed E-state index contributed by atoms with van der Waals surface area (Å²) < 4.78 is 0. The van der Waals surface area contributed by atoms with Crippen LogP contribution >= 0.6 is 0 Å². The van der Waals surface area contributed by atoms with E-state index in [1.807, 2.05) is 12.2 Å². The molecule has 0 aromatic rings. The van der Waals surface area contributed by atoms with Crippen LogP contribution in [0.3, 0.4) is 0 Å². The zero-order chi connectivity index (χ0) is 15.8. The van der Waals surface area contributed by atoms with Crippen molar-refractivity contribution in [2.24, 2.45) is 11.8 Å². The fourth-order valence-corrected chi connectivity index (χ4v) is 2.54. The van der Waals surface area contributed by atoms with Crippen LogP contribution in [0, 0.1) is 11.8 Å². The summed E-state index contributed by atoms with van der Waals surface area (Å²) in [5, 5.41) is 0. The molecule has 0 bridgehead atoms. The number of hydrogen-bond acceptors (Lipinski definition) is 0. The molecule has 112 valence electrons. The molecule has 0 aliphatic heterocycles. The quantitative estimate of drug-likeness (QED) is 0.498. The van der Waals surface area contributed by atoms with Gasteiger partial charge in [0.15, 0.2) is 0 Å². The molecule has 0 radical (unpaired) electrons. The molecule has 1 aliphatic rings. The average molecular weight is 280 g/mol. The molecular formula is C21H28. The Morgan fingerprint density at radius 1 is 1.33 bits per heavy atom. The first-order valence-electron chi connectivity index (χ1n) is 7.71. The van der Waals surface area contributed by atoms with Gasteiger partial charge in [-0.15, -0.1) is 0 Å². The van der Waals surface area contributed by atoms with Crippen LogP contribution in [0.5, 0.6) is 0 Å². The van der Waals surface area contributed by atoms with Crippen LogP contribution in [0.15, 0.2) is 84.1 Å². The highest BCUT2D eigenvalue weighted by Crippen LogP contribution is 2.31. The highest BCUT2D eigenvalue weighted by molar-refractivity contribution is 5.49. The van der Waals surface area contributed by atoms with E-state index in [2.05, 4.69) is 77.3 Å². The highest BCUT2D eigenvalue weighted by Gasteiger charge is 2.16. The lowest BCUT2D eigenvalue weighted by Gasteiger charge is -2.22. The van der Waals surface area contributed by atoms with Crippen molar-refractivity contribution in [2.45, 2.75) is 34.1 Å². The molecule has 0 heteroatoms. The van der Waals surface area contributed by atoms with E-state index >= 15 is 0 Å². The van der Waals surface area contributed by atoms with Gasteiger partial charge in [-0.05, 0) is 42.9 Å². The van der Waals surface area contributed by atoms with Gasteiger partial charge in [0.25, 0.3) is 0 Å². The van der Waals surface area contributed by atoms with Crippen LogP contribution in [0.25, 0.3) is 0 Å². The molecule has 0 saturated carbocycles. The molecule has 0 fully saturated rings. The van der Waals surface area contributed by atoms with Crippen molar-refractivity contribution in [3.05, 3.63) is 84.1 Å². The van der Waals surface area contributed by atoms with Gasteiger partial charge in [0.05, 0.1) is 0 Å². The molecule has 21 heavy (non-hydrogen) atoms. The normalized spacial score (nSPS) is 20.0. The van der Waals surface area contributed by atoms with E-state index in [1.165, 1.54) is 16.7 Å². The van der Waals surface area contributed by atoms with Crippen molar-refractivity contribution in [1.29, 1.82) is 0 Å². The third-order valence-electron chi connectivity index (χ3n) is 3.71. The first kappa shape index (κ1) is 17.2. The van der Waals surface area contributed by atoms with E-state index in [1.54, 1.807) is 0 Å². The minimum absolute atomic E-state index is 0.421. The summed E-state index contributed by atoms with van der Waals surface area (Å²) in [7, 11) is 0. The van der Waals surface area contributed by atoms with Gasteiger partial charge in [0.1, 0.15) is 0 Å². The Morgan fingerprint density at radius 3 is 2.48 bits per heavy atom. The van der Waals surface area contributed by atoms with E-state index in [9.17, 15) is 0 Å². The molecule has 0 nitrogen and oxygen atoms in total. The van der Waals surface area contributed by atoms with Crippen LogP contribution in [-0.4, -0.2) is 0 Å². The molecule has 0 saturated heterocycles. The van der Waals surface area contributed by atoms with Crippen molar-refractivity contribution in [3.8, 4) is 0 Å². The smallest absolute Gasteiger partial charge is 0.00618 e. The minimum atomic E-state index is 0.421. The van der Waals surface area contributed by atoms with Crippen LogP contribution < -0.4 is 0 Å². The molecule has 1 aliphatic carbocycles. The van der Waals surface area contributed by atoms with Gasteiger partial charge in [-0.1, -0.05) is 81.2 Å². The Hall–Kier alpha value is -1.82. The molecule has 0 heterocycles. The standard InChI is InChI=1S/C21H28/c1-7-9-11-20(17(5)6)21(10-8-2)19-14-12-18(13-15-19)16(3)4/h7-14,16,19H,1,5,15H2,2-4,6H3/b10-8-,11-9-,21-20+. The lowest BCUT2D eigenvalue weighted by molar-refractivity contribution is 0.723. The van der Waals surface area contributed by atoms with Crippen molar-refractivity contribution >= 4 is 0 Å². The molecule has 1 atom stereocenters. The maximum absolute atomic E-state index is 4.13. The Labute approximate surface area is 130 Å². The minimum Gasteiger partial charge on any atom is -0.0991 e. The predicted molar refractivity (Wildman–Crippen MR) is 96.2 cm³/mol. The second-order valence-corrected chi connectivity index (χ2v) is 5.80.